The highest BCUT2D eigenvalue weighted by atomic mass is 32.2. The maximum Gasteiger partial charge on any atom is 0.276 e. The minimum absolute atomic E-state index is 0.157. The molecule has 0 aliphatic heterocycles. The molecule has 0 radical (unpaired) electrons. The summed E-state index contributed by atoms with van der Waals surface area (Å²) in [7, 11) is -3.60. The Morgan fingerprint density at radius 2 is 1.90 bits per heavy atom. The van der Waals surface area contributed by atoms with Crippen LogP contribution in [0.4, 0.5) is 0 Å². The number of rotatable bonds is 3. The van der Waals surface area contributed by atoms with Crippen molar-refractivity contribution in [2.45, 2.75) is 57.6 Å². The van der Waals surface area contributed by atoms with Gasteiger partial charge < -0.3 is 0 Å². The SMILES string of the molecule is Cc1nc(C(C)(C)C)sc1C(=O)NS(=O)(=O)C1(C)CC1. The normalized spacial score (nSPS) is 17.9. The molecule has 20 heavy (non-hydrogen) atoms. The molecule has 1 aliphatic rings. The van der Waals surface area contributed by atoms with Gasteiger partial charge in [0.25, 0.3) is 5.91 Å². The second-order valence-electron chi connectivity index (χ2n) is 6.57. The molecule has 0 unspecified atom stereocenters. The third kappa shape index (κ3) is 2.74. The molecule has 1 fully saturated rings. The Bertz CT molecular complexity index is 650. The topological polar surface area (TPSA) is 76.1 Å². The summed E-state index contributed by atoms with van der Waals surface area (Å²) >= 11 is 1.26. The molecular formula is C13H20N2O3S2. The number of amides is 1. The maximum atomic E-state index is 12.2. The summed E-state index contributed by atoms with van der Waals surface area (Å²) in [5, 5.41) is 0.829. The van der Waals surface area contributed by atoms with Gasteiger partial charge in [0.1, 0.15) is 4.88 Å². The second kappa shape index (κ2) is 4.53. The van der Waals surface area contributed by atoms with E-state index < -0.39 is 20.7 Å². The predicted molar refractivity (Wildman–Crippen MR) is 79.6 cm³/mol. The fourth-order valence-corrected chi connectivity index (χ4v) is 3.98. The molecule has 0 atom stereocenters. The van der Waals surface area contributed by atoms with Crippen molar-refractivity contribution in [1.29, 1.82) is 0 Å². The molecule has 7 heteroatoms. The van der Waals surface area contributed by atoms with Crippen molar-refractivity contribution >= 4 is 27.3 Å². The number of nitrogens with one attached hydrogen (secondary N) is 1. The van der Waals surface area contributed by atoms with Crippen LogP contribution in [0.15, 0.2) is 0 Å². The van der Waals surface area contributed by atoms with E-state index in [1.165, 1.54) is 11.3 Å². The van der Waals surface area contributed by atoms with E-state index in [2.05, 4.69) is 9.71 Å². The van der Waals surface area contributed by atoms with Crippen LogP contribution in [-0.4, -0.2) is 24.1 Å². The molecular weight excluding hydrogens is 296 g/mol. The monoisotopic (exact) mass is 316 g/mol. The molecule has 1 amide bonds. The molecule has 1 saturated carbocycles. The van der Waals surface area contributed by atoms with Gasteiger partial charge in [0.15, 0.2) is 0 Å². The summed E-state index contributed by atoms with van der Waals surface area (Å²) < 4.78 is 25.5. The Labute approximate surface area is 123 Å². The first-order valence-corrected chi connectivity index (χ1v) is 8.81. The number of hydrogen-bond donors (Lipinski definition) is 1. The smallest absolute Gasteiger partial charge is 0.267 e. The molecule has 0 bridgehead atoms. The lowest BCUT2D eigenvalue weighted by Gasteiger charge is -2.13. The van der Waals surface area contributed by atoms with E-state index in [1.54, 1.807) is 13.8 Å². The first kappa shape index (κ1) is 15.4. The maximum absolute atomic E-state index is 12.2. The highest BCUT2D eigenvalue weighted by molar-refractivity contribution is 7.91. The van der Waals surface area contributed by atoms with Crippen molar-refractivity contribution in [3.05, 3.63) is 15.6 Å². The largest absolute Gasteiger partial charge is 0.276 e. The van der Waals surface area contributed by atoms with Gasteiger partial charge in [-0.05, 0) is 26.7 Å². The van der Waals surface area contributed by atoms with Crippen molar-refractivity contribution in [3.8, 4) is 0 Å². The zero-order valence-corrected chi connectivity index (χ0v) is 14.0. The predicted octanol–water partition coefficient (Wildman–Crippen LogP) is 2.36. The van der Waals surface area contributed by atoms with Gasteiger partial charge in [-0.3, -0.25) is 4.79 Å². The van der Waals surface area contributed by atoms with E-state index in [1.807, 2.05) is 20.8 Å². The lowest BCUT2D eigenvalue weighted by atomic mass is 9.98. The van der Waals surface area contributed by atoms with Gasteiger partial charge in [-0.2, -0.15) is 0 Å². The molecule has 1 aromatic rings. The Hall–Kier alpha value is -0.950. The number of sulfonamides is 1. The van der Waals surface area contributed by atoms with E-state index in [9.17, 15) is 13.2 Å². The number of carbonyl (C=O) groups excluding carboxylic acids is 1. The van der Waals surface area contributed by atoms with Crippen LogP contribution in [0.25, 0.3) is 0 Å². The third-order valence-electron chi connectivity index (χ3n) is 3.47. The van der Waals surface area contributed by atoms with Gasteiger partial charge in [-0.1, -0.05) is 20.8 Å². The molecule has 2 rings (SSSR count). The van der Waals surface area contributed by atoms with Crippen molar-refractivity contribution in [2.24, 2.45) is 0 Å². The standard InChI is InChI=1S/C13H20N2O3S2/c1-8-9(19-11(14-8)12(2,3)4)10(16)15-20(17,18)13(5)6-7-13/h6-7H2,1-5H3,(H,15,16). The summed E-state index contributed by atoms with van der Waals surface area (Å²) in [5.41, 5.74) is 0.420. The van der Waals surface area contributed by atoms with Crippen molar-refractivity contribution in [2.75, 3.05) is 0 Å². The van der Waals surface area contributed by atoms with Gasteiger partial charge in [0.05, 0.1) is 15.4 Å². The van der Waals surface area contributed by atoms with E-state index in [-0.39, 0.29) is 5.41 Å². The zero-order chi connectivity index (χ0) is 15.3. The molecule has 1 aliphatic carbocycles. The van der Waals surface area contributed by atoms with Crippen LogP contribution in [0.1, 0.15) is 60.9 Å². The van der Waals surface area contributed by atoms with E-state index in [0.29, 0.717) is 23.4 Å². The van der Waals surface area contributed by atoms with Crippen LogP contribution < -0.4 is 4.72 Å². The van der Waals surface area contributed by atoms with E-state index in [4.69, 9.17) is 0 Å². The number of hydrogen-bond acceptors (Lipinski definition) is 5. The van der Waals surface area contributed by atoms with E-state index >= 15 is 0 Å². The summed E-state index contributed by atoms with van der Waals surface area (Å²) in [5.74, 6) is -0.566. The van der Waals surface area contributed by atoms with Crippen LogP contribution in [0, 0.1) is 6.92 Å². The molecule has 0 spiro atoms. The van der Waals surface area contributed by atoms with Crippen LogP contribution in [-0.2, 0) is 15.4 Å². The first-order chi connectivity index (χ1) is 8.96. The number of nitrogens with zero attached hydrogens (tertiary/aromatic N) is 1. The van der Waals surface area contributed by atoms with Crippen LogP contribution in [0.5, 0.6) is 0 Å². The lowest BCUT2D eigenvalue weighted by Crippen LogP contribution is -2.38. The highest BCUT2D eigenvalue weighted by Crippen LogP contribution is 2.42. The average Bonchev–Trinajstić information content (AvgIpc) is 2.88. The Kier molecular flexibility index (Phi) is 3.49. The van der Waals surface area contributed by atoms with Crippen LogP contribution in [0.3, 0.4) is 0 Å². The number of aryl methyl sites for hydroxylation is 1. The summed E-state index contributed by atoms with van der Waals surface area (Å²) in [4.78, 5) is 16.9. The zero-order valence-electron chi connectivity index (χ0n) is 12.4. The van der Waals surface area contributed by atoms with Crippen molar-refractivity contribution < 1.29 is 13.2 Å². The molecule has 1 N–H and O–H groups in total. The number of thiazole rings is 1. The molecule has 0 aromatic carbocycles. The molecule has 0 saturated heterocycles. The van der Waals surface area contributed by atoms with Gasteiger partial charge >= 0.3 is 0 Å². The van der Waals surface area contributed by atoms with Crippen LogP contribution >= 0.6 is 11.3 Å². The summed E-state index contributed by atoms with van der Waals surface area (Å²) in [6.45, 7) is 9.41. The highest BCUT2D eigenvalue weighted by Gasteiger charge is 2.51. The van der Waals surface area contributed by atoms with Crippen molar-refractivity contribution in [1.82, 2.24) is 9.71 Å². The summed E-state index contributed by atoms with van der Waals surface area (Å²) in [6.07, 6.45) is 1.20. The average molecular weight is 316 g/mol. The van der Waals surface area contributed by atoms with Gasteiger partial charge in [-0.15, -0.1) is 11.3 Å². The minimum Gasteiger partial charge on any atom is -0.267 e. The molecule has 1 heterocycles. The lowest BCUT2D eigenvalue weighted by molar-refractivity contribution is 0.0984. The molecule has 5 nitrogen and oxygen atoms in total. The Morgan fingerprint density at radius 1 is 1.35 bits per heavy atom. The Balaban J connectivity index is 2.25. The van der Waals surface area contributed by atoms with Gasteiger partial charge in [0, 0.05) is 5.41 Å². The molecule has 112 valence electrons. The van der Waals surface area contributed by atoms with Gasteiger partial charge in [-0.25, -0.2) is 18.1 Å². The number of aromatic nitrogens is 1. The van der Waals surface area contributed by atoms with Crippen molar-refractivity contribution in [3.63, 3.8) is 0 Å². The molecule has 1 aromatic heterocycles. The Morgan fingerprint density at radius 3 is 2.30 bits per heavy atom. The summed E-state index contributed by atoms with van der Waals surface area (Å²) in [6, 6.07) is 0. The fourth-order valence-electron chi connectivity index (χ4n) is 1.66. The van der Waals surface area contributed by atoms with E-state index in [0.717, 1.165) is 5.01 Å². The first-order valence-electron chi connectivity index (χ1n) is 6.51. The third-order valence-corrected chi connectivity index (χ3v) is 7.22. The quantitative estimate of drug-likeness (QED) is 0.929. The van der Waals surface area contributed by atoms with Crippen LogP contribution in [0.2, 0.25) is 0 Å². The number of carbonyl (C=O) groups is 1. The van der Waals surface area contributed by atoms with Gasteiger partial charge in [0.2, 0.25) is 10.0 Å². The minimum atomic E-state index is -3.60. The fraction of sp³-hybridized carbons (Fsp3) is 0.692. The second-order valence-corrected chi connectivity index (χ2v) is 9.76.